The Morgan fingerprint density at radius 3 is 2.71 bits per heavy atom. The quantitative estimate of drug-likeness (QED) is 0.867. The first kappa shape index (κ1) is 16.3. The van der Waals surface area contributed by atoms with Crippen molar-refractivity contribution in [2.45, 2.75) is 46.6 Å². The zero-order chi connectivity index (χ0) is 15.4. The molecule has 1 aliphatic heterocycles. The lowest BCUT2D eigenvalue weighted by Crippen LogP contribution is -2.34. The van der Waals surface area contributed by atoms with Crippen molar-refractivity contribution < 1.29 is 4.39 Å². The van der Waals surface area contributed by atoms with Crippen LogP contribution < -0.4 is 10.2 Å². The fourth-order valence-corrected chi connectivity index (χ4v) is 2.99. The molecule has 2 nitrogen and oxygen atoms in total. The maximum Gasteiger partial charge on any atom is 0.146 e. The maximum absolute atomic E-state index is 14.5. The predicted octanol–water partition coefficient (Wildman–Crippen LogP) is 4.37. The molecule has 0 aliphatic carbocycles. The molecule has 1 aromatic rings. The van der Waals surface area contributed by atoms with E-state index in [1.807, 2.05) is 6.07 Å². The number of nitrogens with zero attached hydrogens (tertiary/aromatic N) is 1. The van der Waals surface area contributed by atoms with Crippen LogP contribution in [0.25, 0.3) is 0 Å². The molecule has 0 unspecified atom stereocenters. The van der Waals surface area contributed by atoms with E-state index in [2.05, 4.69) is 44.0 Å². The van der Waals surface area contributed by atoms with Gasteiger partial charge in [0.05, 0.1) is 5.69 Å². The van der Waals surface area contributed by atoms with Gasteiger partial charge in [-0.3, -0.25) is 0 Å². The van der Waals surface area contributed by atoms with Crippen LogP contribution in [0.1, 0.15) is 52.1 Å². The van der Waals surface area contributed by atoms with Gasteiger partial charge in [0.15, 0.2) is 0 Å². The third-order valence-corrected chi connectivity index (χ3v) is 4.30. The summed E-state index contributed by atoms with van der Waals surface area (Å²) < 4.78 is 14.5. The summed E-state index contributed by atoms with van der Waals surface area (Å²) in [5.41, 5.74) is 1.79. The number of hydrogen-bond acceptors (Lipinski definition) is 2. The van der Waals surface area contributed by atoms with Gasteiger partial charge in [-0.1, -0.05) is 26.8 Å². The molecule has 0 amide bonds. The first-order valence-corrected chi connectivity index (χ1v) is 8.25. The molecular weight excluding hydrogens is 263 g/mol. The van der Waals surface area contributed by atoms with E-state index in [-0.39, 0.29) is 11.9 Å². The first-order chi connectivity index (χ1) is 9.97. The standard InChI is InChI=1S/C18H29FN2/c1-13(2)11-20-15(4)16-7-8-18(17(19)10-16)21-9-5-6-14(3)12-21/h7-8,10,13-15,20H,5-6,9,11-12H2,1-4H3/t14-,15-/m1/s1. The Morgan fingerprint density at radius 2 is 2.10 bits per heavy atom. The van der Waals surface area contributed by atoms with Crippen molar-refractivity contribution in [1.29, 1.82) is 0 Å². The van der Waals surface area contributed by atoms with Crippen LogP contribution in [0.5, 0.6) is 0 Å². The predicted molar refractivity (Wildman–Crippen MR) is 88.3 cm³/mol. The molecule has 21 heavy (non-hydrogen) atoms. The second-order valence-electron chi connectivity index (χ2n) is 6.93. The molecular formula is C18H29FN2. The van der Waals surface area contributed by atoms with Gasteiger partial charge in [0, 0.05) is 19.1 Å². The van der Waals surface area contributed by atoms with E-state index < -0.39 is 0 Å². The van der Waals surface area contributed by atoms with Gasteiger partial charge in [0.25, 0.3) is 0 Å². The molecule has 2 rings (SSSR count). The minimum Gasteiger partial charge on any atom is -0.369 e. The van der Waals surface area contributed by atoms with Crippen LogP contribution >= 0.6 is 0 Å². The lowest BCUT2D eigenvalue weighted by Gasteiger charge is -2.33. The average molecular weight is 292 g/mol. The summed E-state index contributed by atoms with van der Waals surface area (Å²) >= 11 is 0. The van der Waals surface area contributed by atoms with E-state index in [1.54, 1.807) is 6.07 Å². The van der Waals surface area contributed by atoms with Gasteiger partial charge < -0.3 is 10.2 Å². The van der Waals surface area contributed by atoms with Crippen molar-refractivity contribution in [3.63, 3.8) is 0 Å². The van der Waals surface area contributed by atoms with Crippen molar-refractivity contribution in [3.05, 3.63) is 29.6 Å². The van der Waals surface area contributed by atoms with E-state index in [1.165, 1.54) is 6.42 Å². The highest BCUT2D eigenvalue weighted by Gasteiger charge is 2.19. The second-order valence-corrected chi connectivity index (χ2v) is 6.93. The highest BCUT2D eigenvalue weighted by Crippen LogP contribution is 2.27. The lowest BCUT2D eigenvalue weighted by molar-refractivity contribution is 0.441. The van der Waals surface area contributed by atoms with Crippen LogP contribution in [0.4, 0.5) is 10.1 Å². The molecule has 1 aromatic carbocycles. The fourth-order valence-electron chi connectivity index (χ4n) is 2.99. The number of rotatable bonds is 5. The molecule has 2 atom stereocenters. The number of hydrogen-bond donors (Lipinski definition) is 1. The maximum atomic E-state index is 14.5. The molecule has 1 aliphatic rings. The number of nitrogens with one attached hydrogen (secondary N) is 1. The van der Waals surface area contributed by atoms with Crippen LogP contribution in [-0.2, 0) is 0 Å². The summed E-state index contributed by atoms with van der Waals surface area (Å²) in [6.07, 6.45) is 2.42. The van der Waals surface area contributed by atoms with Gasteiger partial charge >= 0.3 is 0 Å². The molecule has 1 fully saturated rings. The largest absolute Gasteiger partial charge is 0.369 e. The van der Waals surface area contributed by atoms with E-state index in [0.717, 1.165) is 37.3 Å². The first-order valence-electron chi connectivity index (χ1n) is 8.25. The van der Waals surface area contributed by atoms with Crippen molar-refractivity contribution in [3.8, 4) is 0 Å². The Kier molecular flexibility index (Phi) is 5.63. The van der Waals surface area contributed by atoms with E-state index in [4.69, 9.17) is 0 Å². The highest BCUT2D eigenvalue weighted by atomic mass is 19.1. The van der Waals surface area contributed by atoms with Crippen LogP contribution in [-0.4, -0.2) is 19.6 Å². The number of anilines is 1. The molecule has 0 aromatic heterocycles. The molecule has 0 bridgehead atoms. The van der Waals surface area contributed by atoms with Gasteiger partial charge in [-0.15, -0.1) is 0 Å². The summed E-state index contributed by atoms with van der Waals surface area (Å²) in [5.74, 6) is 1.18. The van der Waals surface area contributed by atoms with E-state index >= 15 is 0 Å². The van der Waals surface area contributed by atoms with Gasteiger partial charge in [0.1, 0.15) is 5.82 Å². The van der Waals surface area contributed by atoms with Crippen LogP contribution in [0.3, 0.4) is 0 Å². The Morgan fingerprint density at radius 1 is 1.33 bits per heavy atom. The number of halogens is 1. The number of benzene rings is 1. The molecule has 1 heterocycles. The molecule has 0 spiro atoms. The van der Waals surface area contributed by atoms with Crippen molar-refractivity contribution >= 4 is 5.69 Å². The van der Waals surface area contributed by atoms with Gasteiger partial charge in [-0.2, -0.15) is 0 Å². The van der Waals surface area contributed by atoms with E-state index in [0.29, 0.717) is 11.8 Å². The van der Waals surface area contributed by atoms with Crippen LogP contribution in [0, 0.1) is 17.7 Å². The fraction of sp³-hybridized carbons (Fsp3) is 0.667. The zero-order valence-corrected chi connectivity index (χ0v) is 13.8. The molecule has 3 heteroatoms. The van der Waals surface area contributed by atoms with Crippen molar-refractivity contribution in [1.82, 2.24) is 5.32 Å². The summed E-state index contributed by atoms with van der Waals surface area (Å²) in [7, 11) is 0. The minimum atomic E-state index is -0.0835. The van der Waals surface area contributed by atoms with Gasteiger partial charge in [-0.25, -0.2) is 4.39 Å². The summed E-state index contributed by atoms with van der Waals surface area (Å²) in [6, 6.07) is 5.91. The molecule has 118 valence electrons. The summed E-state index contributed by atoms with van der Waals surface area (Å²) in [4.78, 5) is 2.19. The molecule has 0 saturated carbocycles. The topological polar surface area (TPSA) is 15.3 Å². The monoisotopic (exact) mass is 292 g/mol. The molecule has 1 saturated heterocycles. The average Bonchev–Trinajstić information content (AvgIpc) is 2.44. The van der Waals surface area contributed by atoms with Crippen molar-refractivity contribution in [2.24, 2.45) is 11.8 Å². The zero-order valence-electron chi connectivity index (χ0n) is 13.8. The SMILES string of the molecule is CC(C)CN[C@H](C)c1ccc(N2CCC[C@@H](C)C2)c(F)c1. The molecule has 1 N–H and O–H groups in total. The normalized spacial score (nSPS) is 20.9. The second kappa shape index (κ2) is 7.26. The Bertz CT molecular complexity index is 459. The van der Waals surface area contributed by atoms with Crippen LogP contribution in [0.15, 0.2) is 18.2 Å². The minimum absolute atomic E-state index is 0.0835. The van der Waals surface area contributed by atoms with Gasteiger partial charge in [0.2, 0.25) is 0 Å². The summed E-state index contributed by atoms with van der Waals surface area (Å²) in [5, 5.41) is 3.45. The van der Waals surface area contributed by atoms with E-state index in [9.17, 15) is 4.39 Å². The lowest BCUT2D eigenvalue weighted by atomic mass is 9.99. The Balaban J connectivity index is 2.06. The Hall–Kier alpha value is -1.09. The smallest absolute Gasteiger partial charge is 0.146 e. The van der Waals surface area contributed by atoms with Crippen LogP contribution in [0.2, 0.25) is 0 Å². The molecule has 0 radical (unpaired) electrons. The summed E-state index contributed by atoms with van der Waals surface area (Å²) in [6.45, 7) is 11.6. The van der Waals surface area contributed by atoms with Gasteiger partial charge in [-0.05, 0) is 55.8 Å². The van der Waals surface area contributed by atoms with Crippen molar-refractivity contribution in [2.75, 3.05) is 24.5 Å². The Labute approximate surface area is 128 Å². The highest BCUT2D eigenvalue weighted by molar-refractivity contribution is 5.50. The third kappa shape index (κ3) is 4.44. The third-order valence-electron chi connectivity index (χ3n) is 4.30. The number of piperidine rings is 1.